The van der Waals surface area contributed by atoms with Crippen LogP contribution in [0.25, 0.3) is 0 Å². The van der Waals surface area contributed by atoms with Crippen LogP contribution in [0.3, 0.4) is 0 Å². The van der Waals surface area contributed by atoms with Crippen LogP contribution in [0.1, 0.15) is 49.0 Å². The van der Waals surface area contributed by atoms with Crippen molar-refractivity contribution in [3.8, 4) is 17.2 Å². The number of para-hydroxylation sites is 2. The first-order chi connectivity index (χ1) is 18.5. The summed E-state index contributed by atoms with van der Waals surface area (Å²) in [6.07, 6.45) is 4.18. The van der Waals surface area contributed by atoms with E-state index in [1.807, 2.05) is 48.5 Å². The molecule has 2 aliphatic carbocycles. The number of hydrogen-bond acceptors (Lipinski definition) is 7. The molecule has 0 bridgehead atoms. The zero-order valence-corrected chi connectivity index (χ0v) is 21.7. The van der Waals surface area contributed by atoms with Gasteiger partial charge in [-0.05, 0) is 61.2 Å². The molecular weight excluding hydrogens is 484 g/mol. The van der Waals surface area contributed by atoms with Crippen molar-refractivity contribution < 1.29 is 28.2 Å². The van der Waals surface area contributed by atoms with E-state index in [-0.39, 0.29) is 29.9 Å². The minimum Gasteiger partial charge on any atom is -0.493 e. The van der Waals surface area contributed by atoms with E-state index in [0.717, 1.165) is 35.7 Å². The summed E-state index contributed by atoms with van der Waals surface area (Å²) in [4.78, 5) is 29.8. The summed E-state index contributed by atoms with van der Waals surface area (Å²) in [5, 5.41) is 3.54. The largest absolute Gasteiger partial charge is 0.493 e. The van der Waals surface area contributed by atoms with Crippen molar-refractivity contribution in [3.63, 3.8) is 0 Å². The molecule has 1 aromatic heterocycles. The Labute approximate surface area is 221 Å². The van der Waals surface area contributed by atoms with Gasteiger partial charge in [-0.2, -0.15) is 0 Å². The Morgan fingerprint density at radius 1 is 0.974 bits per heavy atom. The SMILES string of the molecule is COc1cc([C@@H]2C3=C(C[C@H](c4ccco4)CC3=O)Nc3ccccc3N2C(=O)C2CC2)cc(OC)c1OC. The summed E-state index contributed by atoms with van der Waals surface area (Å²) < 4.78 is 22.6. The highest BCUT2D eigenvalue weighted by molar-refractivity contribution is 6.07. The zero-order valence-electron chi connectivity index (χ0n) is 21.7. The average Bonchev–Trinajstić information content (AvgIpc) is 3.67. The lowest BCUT2D eigenvalue weighted by Crippen LogP contribution is -2.39. The highest BCUT2D eigenvalue weighted by atomic mass is 16.5. The van der Waals surface area contributed by atoms with Gasteiger partial charge in [0.1, 0.15) is 5.76 Å². The standard InChI is InChI=1S/C30H30N2O6/c1-35-25-15-19(16-26(36-2)29(25)37-3)28-27-21(13-18(14-23(27)33)24-9-6-12-38-24)31-20-7-4-5-8-22(20)32(28)30(34)17-10-11-17/h4-9,12,15-18,28,31H,10-11,13-14H2,1-3H3/t18-,28+/m0/s1. The molecule has 1 saturated carbocycles. The molecule has 2 heterocycles. The second-order valence-electron chi connectivity index (χ2n) is 9.92. The molecule has 3 aliphatic rings. The molecule has 8 nitrogen and oxygen atoms in total. The molecule has 2 atom stereocenters. The number of ether oxygens (including phenoxy) is 3. The van der Waals surface area contributed by atoms with Crippen LogP contribution in [0.5, 0.6) is 17.2 Å². The molecule has 0 radical (unpaired) electrons. The monoisotopic (exact) mass is 514 g/mol. The molecule has 196 valence electrons. The number of nitrogens with one attached hydrogen (secondary N) is 1. The third kappa shape index (κ3) is 4.00. The number of furan rings is 1. The second-order valence-corrected chi connectivity index (χ2v) is 9.92. The molecule has 38 heavy (non-hydrogen) atoms. The van der Waals surface area contributed by atoms with Gasteiger partial charge in [-0.3, -0.25) is 14.5 Å². The van der Waals surface area contributed by atoms with E-state index < -0.39 is 6.04 Å². The number of amides is 1. The van der Waals surface area contributed by atoms with Crippen molar-refractivity contribution >= 4 is 23.1 Å². The van der Waals surface area contributed by atoms with Gasteiger partial charge >= 0.3 is 0 Å². The van der Waals surface area contributed by atoms with Gasteiger partial charge in [-0.25, -0.2) is 0 Å². The van der Waals surface area contributed by atoms with Gasteiger partial charge in [-0.1, -0.05) is 12.1 Å². The number of carbonyl (C=O) groups excluding carboxylic acids is 2. The van der Waals surface area contributed by atoms with Gasteiger partial charge in [-0.15, -0.1) is 0 Å². The molecule has 3 aromatic rings. The summed E-state index contributed by atoms with van der Waals surface area (Å²) in [5.41, 5.74) is 3.60. The second kappa shape index (κ2) is 9.59. The van der Waals surface area contributed by atoms with E-state index in [1.54, 1.807) is 32.5 Å². The number of nitrogens with zero attached hydrogens (tertiary/aromatic N) is 1. The Hall–Kier alpha value is -4.20. The first-order valence-electron chi connectivity index (χ1n) is 12.8. The Kier molecular flexibility index (Phi) is 6.10. The lowest BCUT2D eigenvalue weighted by molar-refractivity contribution is -0.120. The van der Waals surface area contributed by atoms with Crippen LogP contribution in [-0.2, 0) is 9.59 Å². The number of methoxy groups -OCH3 is 3. The molecule has 8 heteroatoms. The summed E-state index contributed by atoms with van der Waals surface area (Å²) in [5.74, 6) is 1.97. The molecule has 0 spiro atoms. The lowest BCUT2D eigenvalue weighted by Gasteiger charge is -2.35. The van der Waals surface area contributed by atoms with E-state index in [0.29, 0.717) is 34.8 Å². The zero-order chi connectivity index (χ0) is 26.4. The number of benzene rings is 2. The predicted octanol–water partition coefficient (Wildman–Crippen LogP) is 5.62. The van der Waals surface area contributed by atoms with E-state index in [9.17, 15) is 9.59 Å². The summed E-state index contributed by atoms with van der Waals surface area (Å²) in [6.45, 7) is 0. The van der Waals surface area contributed by atoms with E-state index in [1.165, 1.54) is 0 Å². The Bertz CT molecular complexity index is 1400. The molecule has 1 N–H and O–H groups in total. The fraction of sp³-hybridized carbons (Fsp3) is 0.333. The quantitative estimate of drug-likeness (QED) is 0.457. The van der Waals surface area contributed by atoms with Crippen LogP contribution < -0.4 is 24.4 Å². The first-order valence-corrected chi connectivity index (χ1v) is 12.8. The third-order valence-corrected chi connectivity index (χ3v) is 7.60. The average molecular weight is 515 g/mol. The highest BCUT2D eigenvalue weighted by Crippen LogP contribution is 2.51. The van der Waals surface area contributed by atoms with Crippen LogP contribution >= 0.6 is 0 Å². The maximum Gasteiger partial charge on any atom is 0.231 e. The molecular formula is C30H30N2O6. The summed E-state index contributed by atoms with van der Waals surface area (Å²) in [6, 6.07) is 14.5. The fourth-order valence-electron chi connectivity index (χ4n) is 5.66. The lowest BCUT2D eigenvalue weighted by atomic mass is 9.80. The molecule has 0 unspecified atom stereocenters. The van der Waals surface area contributed by atoms with Gasteiger partial charge < -0.3 is 23.9 Å². The number of carbonyl (C=O) groups is 2. The van der Waals surface area contributed by atoms with Crippen LogP contribution in [0.4, 0.5) is 11.4 Å². The van der Waals surface area contributed by atoms with E-state index >= 15 is 0 Å². The minimum atomic E-state index is -0.673. The summed E-state index contributed by atoms with van der Waals surface area (Å²) >= 11 is 0. The maximum absolute atomic E-state index is 14.0. The van der Waals surface area contributed by atoms with Crippen LogP contribution in [0.2, 0.25) is 0 Å². The molecule has 1 aliphatic heterocycles. The summed E-state index contributed by atoms with van der Waals surface area (Å²) in [7, 11) is 4.67. The number of allylic oxidation sites excluding steroid dienone is 1. The number of hydrogen-bond donors (Lipinski definition) is 1. The van der Waals surface area contributed by atoms with Crippen LogP contribution in [0.15, 0.2) is 70.5 Å². The number of fused-ring (bicyclic) bond motifs is 1. The normalized spacial score (nSPS) is 20.7. The smallest absolute Gasteiger partial charge is 0.231 e. The highest BCUT2D eigenvalue weighted by Gasteiger charge is 2.45. The van der Waals surface area contributed by atoms with Gasteiger partial charge in [0.2, 0.25) is 11.7 Å². The molecule has 1 fully saturated rings. The predicted molar refractivity (Wildman–Crippen MR) is 142 cm³/mol. The number of anilines is 2. The molecule has 1 amide bonds. The maximum atomic E-state index is 14.0. The van der Waals surface area contributed by atoms with Gasteiger partial charge in [0.15, 0.2) is 17.3 Å². The number of Topliss-reactive ketones (excluding diaryl/α,β-unsaturated/α-hetero) is 1. The van der Waals surface area contributed by atoms with Crippen LogP contribution in [-0.4, -0.2) is 33.0 Å². The topological polar surface area (TPSA) is 90.2 Å². The minimum absolute atomic E-state index is 0.00714. The van der Waals surface area contributed by atoms with Crippen molar-refractivity contribution in [1.82, 2.24) is 0 Å². The van der Waals surface area contributed by atoms with Gasteiger partial charge in [0.25, 0.3) is 0 Å². The Morgan fingerprint density at radius 3 is 2.34 bits per heavy atom. The first kappa shape index (κ1) is 24.2. The molecule has 0 saturated heterocycles. The number of rotatable bonds is 6. The fourth-order valence-corrected chi connectivity index (χ4v) is 5.66. The van der Waals surface area contributed by atoms with E-state index in [2.05, 4.69) is 5.32 Å². The van der Waals surface area contributed by atoms with Crippen molar-refractivity contribution in [1.29, 1.82) is 0 Å². The van der Waals surface area contributed by atoms with Crippen molar-refractivity contribution in [3.05, 3.63) is 77.4 Å². The van der Waals surface area contributed by atoms with Crippen LogP contribution in [0, 0.1) is 5.92 Å². The molecule has 6 rings (SSSR count). The van der Waals surface area contributed by atoms with Gasteiger partial charge in [0, 0.05) is 29.5 Å². The van der Waals surface area contributed by atoms with Crippen molar-refractivity contribution in [2.24, 2.45) is 5.92 Å². The Balaban J connectivity index is 1.59. The van der Waals surface area contributed by atoms with E-state index in [4.69, 9.17) is 18.6 Å². The number of ketones is 1. The van der Waals surface area contributed by atoms with Gasteiger partial charge in [0.05, 0.1) is 45.0 Å². The Morgan fingerprint density at radius 2 is 1.71 bits per heavy atom. The third-order valence-electron chi connectivity index (χ3n) is 7.60. The molecule has 2 aromatic carbocycles. The van der Waals surface area contributed by atoms with Crippen molar-refractivity contribution in [2.75, 3.05) is 31.5 Å². The van der Waals surface area contributed by atoms with Crippen molar-refractivity contribution in [2.45, 2.75) is 37.6 Å².